The Hall–Kier alpha value is -2.90. The van der Waals surface area contributed by atoms with E-state index >= 15 is 0 Å². The van der Waals surface area contributed by atoms with Crippen LogP contribution >= 0.6 is 0 Å². The summed E-state index contributed by atoms with van der Waals surface area (Å²) in [6, 6.07) is 5.60. The summed E-state index contributed by atoms with van der Waals surface area (Å²) in [5.41, 5.74) is 3.04. The highest BCUT2D eigenvalue weighted by atomic mass is 16.2. The van der Waals surface area contributed by atoms with Crippen molar-refractivity contribution >= 4 is 17.1 Å². The van der Waals surface area contributed by atoms with Crippen molar-refractivity contribution in [3.8, 4) is 0 Å². The topological polar surface area (TPSA) is 91.7 Å². The molecule has 0 bridgehead atoms. The van der Waals surface area contributed by atoms with Crippen molar-refractivity contribution in [2.75, 3.05) is 7.05 Å². The third-order valence-electron chi connectivity index (χ3n) is 4.33. The SMILES string of the molecule is CCCn1cnnc1[C@H](C)NC(=O)N(C)Cc1nc2c(C)cccc2[nH]1. The van der Waals surface area contributed by atoms with Crippen LogP contribution in [0.1, 0.15) is 43.5 Å². The summed E-state index contributed by atoms with van der Waals surface area (Å²) >= 11 is 0. The molecular formula is C18H25N7O. The van der Waals surface area contributed by atoms with Crippen molar-refractivity contribution in [3.05, 3.63) is 41.7 Å². The van der Waals surface area contributed by atoms with E-state index in [0.717, 1.165) is 41.2 Å². The summed E-state index contributed by atoms with van der Waals surface area (Å²) in [6.07, 6.45) is 2.68. The van der Waals surface area contributed by atoms with Crippen molar-refractivity contribution in [2.45, 2.75) is 46.3 Å². The van der Waals surface area contributed by atoms with E-state index in [4.69, 9.17) is 0 Å². The number of H-pyrrole nitrogens is 1. The lowest BCUT2D eigenvalue weighted by atomic mass is 10.2. The number of benzene rings is 1. The molecule has 8 heteroatoms. The lowest BCUT2D eigenvalue weighted by Gasteiger charge is -2.20. The minimum atomic E-state index is -0.225. The van der Waals surface area contributed by atoms with Gasteiger partial charge in [0, 0.05) is 13.6 Å². The van der Waals surface area contributed by atoms with Crippen molar-refractivity contribution in [2.24, 2.45) is 0 Å². The van der Waals surface area contributed by atoms with Gasteiger partial charge in [-0.05, 0) is 31.9 Å². The number of aromatic nitrogens is 5. The molecule has 138 valence electrons. The molecule has 2 heterocycles. The van der Waals surface area contributed by atoms with Crippen LogP contribution in [-0.2, 0) is 13.1 Å². The summed E-state index contributed by atoms with van der Waals surface area (Å²) in [7, 11) is 1.75. The van der Waals surface area contributed by atoms with Gasteiger partial charge in [-0.2, -0.15) is 0 Å². The Kier molecular flexibility index (Phi) is 5.20. The van der Waals surface area contributed by atoms with Crippen LogP contribution in [0.4, 0.5) is 4.79 Å². The molecule has 2 N–H and O–H groups in total. The van der Waals surface area contributed by atoms with Gasteiger partial charge in [-0.25, -0.2) is 9.78 Å². The number of rotatable bonds is 6. The largest absolute Gasteiger partial charge is 0.340 e. The van der Waals surface area contributed by atoms with Gasteiger partial charge < -0.3 is 19.8 Å². The van der Waals surface area contributed by atoms with Gasteiger partial charge >= 0.3 is 6.03 Å². The number of aryl methyl sites for hydroxylation is 2. The van der Waals surface area contributed by atoms with Crippen LogP contribution in [0.2, 0.25) is 0 Å². The number of urea groups is 1. The monoisotopic (exact) mass is 355 g/mol. The van der Waals surface area contributed by atoms with Gasteiger partial charge in [-0.1, -0.05) is 19.1 Å². The highest BCUT2D eigenvalue weighted by Crippen LogP contribution is 2.16. The number of nitrogens with zero attached hydrogens (tertiary/aromatic N) is 5. The number of imidazole rings is 1. The van der Waals surface area contributed by atoms with Crippen molar-refractivity contribution < 1.29 is 4.79 Å². The molecule has 0 fully saturated rings. The van der Waals surface area contributed by atoms with Gasteiger partial charge in [-0.15, -0.1) is 10.2 Å². The molecule has 26 heavy (non-hydrogen) atoms. The molecule has 0 saturated heterocycles. The second-order valence-electron chi connectivity index (χ2n) is 6.56. The molecule has 0 spiro atoms. The predicted octanol–water partition coefficient (Wildman–Crippen LogP) is 2.78. The fourth-order valence-corrected chi connectivity index (χ4v) is 2.97. The zero-order valence-electron chi connectivity index (χ0n) is 15.7. The number of amides is 2. The summed E-state index contributed by atoms with van der Waals surface area (Å²) in [4.78, 5) is 22.0. The second kappa shape index (κ2) is 7.55. The highest BCUT2D eigenvalue weighted by molar-refractivity contribution is 5.79. The molecule has 8 nitrogen and oxygen atoms in total. The Bertz CT molecular complexity index is 898. The van der Waals surface area contributed by atoms with Gasteiger partial charge in [0.25, 0.3) is 0 Å². The van der Waals surface area contributed by atoms with Gasteiger partial charge in [0.1, 0.15) is 12.2 Å². The van der Waals surface area contributed by atoms with Gasteiger partial charge in [-0.3, -0.25) is 0 Å². The number of aromatic amines is 1. The Morgan fingerprint density at radius 2 is 2.23 bits per heavy atom. The standard InChI is InChI=1S/C18H25N7O/c1-5-9-25-11-19-23-17(25)13(3)20-18(26)24(4)10-15-21-14-8-6-7-12(2)16(14)22-15/h6-8,11,13H,5,9-10H2,1-4H3,(H,20,26)(H,21,22)/t13-/m0/s1. The first-order valence-electron chi connectivity index (χ1n) is 8.83. The van der Waals surface area contributed by atoms with E-state index in [-0.39, 0.29) is 12.1 Å². The summed E-state index contributed by atoms with van der Waals surface area (Å²) in [5, 5.41) is 11.0. The van der Waals surface area contributed by atoms with Crippen LogP contribution in [-0.4, -0.2) is 42.7 Å². The van der Waals surface area contributed by atoms with E-state index < -0.39 is 0 Å². The van der Waals surface area contributed by atoms with Crippen molar-refractivity contribution in [1.29, 1.82) is 0 Å². The Morgan fingerprint density at radius 1 is 1.42 bits per heavy atom. The number of hydrogen-bond donors (Lipinski definition) is 2. The molecule has 0 saturated carbocycles. The summed E-state index contributed by atoms with van der Waals surface area (Å²) < 4.78 is 1.97. The number of nitrogens with one attached hydrogen (secondary N) is 2. The van der Waals surface area contributed by atoms with E-state index in [1.165, 1.54) is 0 Å². The maximum absolute atomic E-state index is 12.5. The molecule has 3 rings (SSSR count). The Labute approximate surface area is 152 Å². The molecule has 0 aliphatic carbocycles. The fraction of sp³-hybridized carbons (Fsp3) is 0.444. The molecule has 1 aromatic carbocycles. The lowest BCUT2D eigenvalue weighted by Crippen LogP contribution is -2.39. The highest BCUT2D eigenvalue weighted by Gasteiger charge is 2.18. The van der Waals surface area contributed by atoms with Crippen LogP contribution in [0.25, 0.3) is 11.0 Å². The van der Waals surface area contributed by atoms with E-state index in [9.17, 15) is 4.79 Å². The van der Waals surface area contributed by atoms with Gasteiger partial charge in [0.15, 0.2) is 5.82 Å². The summed E-state index contributed by atoms with van der Waals surface area (Å²) in [6.45, 7) is 7.25. The molecule has 3 aromatic rings. The first-order chi connectivity index (χ1) is 12.5. The minimum absolute atomic E-state index is 0.180. The lowest BCUT2D eigenvalue weighted by molar-refractivity contribution is 0.202. The number of carbonyl (C=O) groups is 1. The molecule has 0 unspecified atom stereocenters. The minimum Gasteiger partial charge on any atom is -0.340 e. The van der Waals surface area contributed by atoms with Crippen LogP contribution < -0.4 is 5.32 Å². The van der Waals surface area contributed by atoms with E-state index in [2.05, 4.69) is 32.4 Å². The normalized spacial score (nSPS) is 12.3. The number of para-hydroxylation sites is 1. The number of hydrogen-bond acceptors (Lipinski definition) is 4. The second-order valence-corrected chi connectivity index (χ2v) is 6.56. The first kappa shape index (κ1) is 17.9. The maximum atomic E-state index is 12.5. The van der Waals surface area contributed by atoms with Crippen molar-refractivity contribution in [3.63, 3.8) is 0 Å². The molecule has 1 atom stereocenters. The third-order valence-corrected chi connectivity index (χ3v) is 4.33. The quantitative estimate of drug-likeness (QED) is 0.711. The van der Waals surface area contributed by atoms with Gasteiger partial charge in [0.2, 0.25) is 0 Å². The fourth-order valence-electron chi connectivity index (χ4n) is 2.97. The number of fused-ring (bicyclic) bond motifs is 1. The van der Waals surface area contributed by atoms with E-state index in [1.807, 2.05) is 36.6 Å². The molecule has 0 radical (unpaired) electrons. The molecule has 0 aliphatic heterocycles. The smallest absolute Gasteiger partial charge is 0.318 e. The zero-order chi connectivity index (χ0) is 18.7. The molecule has 2 aromatic heterocycles. The van der Waals surface area contributed by atoms with Crippen LogP contribution in [0, 0.1) is 6.92 Å². The predicted molar refractivity (Wildman–Crippen MR) is 99.6 cm³/mol. The van der Waals surface area contributed by atoms with Crippen LogP contribution in [0.15, 0.2) is 24.5 Å². The Balaban J connectivity index is 1.65. The molecule has 2 amide bonds. The zero-order valence-corrected chi connectivity index (χ0v) is 15.7. The van der Waals surface area contributed by atoms with E-state index in [1.54, 1.807) is 18.3 Å². The first-order valence-corrected chi connectivity index (χ1v) is 8.83. The molecule has 0 aliphatic rings. The van der Waals surface area contributed by atoms with E-state index in [0.29, 0.717) is 6.54 Å². The van der Waals surface area contributed by atoms with Crippen LogP contribution in [0.5, 0.6) is 0 Å². The third kappa shape index (κ3) is 3.68. The number of carbonyl (C=O) groups excluding carboxylic acids is 1. The van der Waals surface area contributed by atoms with Crippen LogP contribution in [0.3, 0.4) is 0 Å². The van der Waals surface area contributed by atoms with Gasteiger partial charge in [0.05, 0.1) is 23.6 Å². The Morgan fingerprint density at radius 3 is 2.96 bits per heavy atom. The maximum Gasteiger partial charge on any atom is 0.318 e. The molecular weight excluding hydrogens is 330 g/mol. The van der Waals surface area contributed by atoms with Crippen molar-refractivity contribution in [1.82, 2.24) is 34.9 Å². The summed E-state index contributed by atoms with van der Waals surface area (Å²) in [5.74, 6) is 1.52. The average Bonchev–Trinajstić information content (AvgIpc) is 3.22. The average molecular weight is 355 g/mol.